The van der Waals surface area contributed by atoms with E-state index in [4.69, 9.17) is 28.3 Å². The summed E-state index contributed by atoms with van der Waals surface area (Å²) in [6.45, 7) is 1.92. The van der Waals surface area contributed by atoms with Crippen molar-refractivity contribution in [3.63, 3.8) is 0 Å². The average Bonchev–Trinajstić information content (AvgIpc) is 2.91. The van der Waals surface area contributed by atoms with Crippen molar-refractivity contribution in [3.8, 4) is 5.75 Å². The number of likely N-dealkylation sites (N-methyl/N-ethyl adjacent to an activating group) is 1. The highest BCUT2D eigenvalue weighted by molar-refractivity contribution is 6.42. The minimum absolute atomic E-state index is 0.129. The Bertz CT molecular complexity index is 482. The lowest BCUT2D eigenvalue weighted by Gasteiger charge is -2.12. The zero-order valence-electron chi connectivity index (χ0n) is 10.6. The maximum Gasteiger partial charge on any atom is 0.320 e. The molecule has 0 aromatic heterocycles. The van der Waals surface area contributed by atoms with Gasteiger partial charge in [0.2, 0.25) is 0 Å². The second-order valence-corrected chi connectivity index (χ2v) is 5.57. The number of phenolic OH excluding ortho intramolecular Hbond substituents is 1. The Hall–Kier alpha value is -1.13. The van der Waals surface area contributed by atoms with Gasteiger partial charge in [-0.15, -0.1) is 0 Å². The number of urea groups is 1. The van der Waals surface area contributed by atoms with Gasteiger partial charge in [0.05, 0.1) is 16.1 Å². The van der Waals surface area contributed by atoms with Gasteiger partial charge in [0.15, 0.2) is 0 Å². The van der Waals surface area contributed by atoms with Crippen molar-refractivity contribution in [1.82, 2.24) is 9.80 Å². The minimum Gasteiger partial charge on any atom is -0.508 e. The standard InChI is InChI=1S/C7H12N2O.C6H4Cl2O/c1-8-5-6-3-2-4-9(6)7(8)10;7-5-2-1-4(9)3-6(5)8/h6H,2-5H2,1H3;1-3,9H/t6-;/m0./s1. The Balaban J connectivity index is 0.000000141. The van der Waals surface area contributed by atoms with Crippen LogP contribution in [0.2, 0.25) is 10.0 Å². The molecule has 2 fully saturated rings. The summed E-state index contributed by atoms with van der Waals surface area (Å²) in [5.41, 5.74) is 0. The number of halogens is 2. The predicted octanol–water partition coefficient (Wildman–Crippen LogP) is 3.22. The lowest BCUT2D eigenvalue weighted by Crippen LogP contribution is -2.29. The van der Waals surface area contributed by atoms with Crippen LogP contribution in [0.3, 0.4) is 0 Å². The molecule has 2 saturated heterocycles. The lowest BCUT2D eigenvalue weighted by atomic mass is 10.2. The Labute approximate surface area is 122 Å². The van der Waals surface area contributed by atoms with E-state index >= 15 is 0 Å². The van der Waals surface area contributed by atoms with E-state index < -0.39 is 0 Å². The highest BCUT2D eigenvalue weighted by atomic mass is 35.5. The van der Waals surface area contributed by atoms with Gasteiger partial charge >= 0.3 is 6.03 Å². The Morgan fingerprint density at radius 2 is 2.05 bits per heavy atom. The summed E-state index contributed by atoms with van der Waals surface area (Å²) in [7, 11) is 1.88. The number of hydrogen-bond donors (Lipinski definition) is 1. The summed E-state index contributed by atoms with van der Waals surface area (Å²) in [6.07, 6.45) is 2.40. The van der Waals surface area contributed by atoms with E-state index in [2.05, 4.69) is 0 Å². The Morgan fingerprint density at radius 1 is 1.32 bits per heavy atom. The smallest absolute Gasteiger partial charge is 0.320 e. The summed E-state index contributed by atoms with van der Waals surface area (Å²) in [6, 6.07) is 5.18. The average molecular weight is 303 g/mol. The number of carbonyl (C=O) groups excluding carboxylic acids is 1. The van der Waals surface area contributed by atoms with E-state index in [0.717, 1.165) is 13.1 Å². The summed E-state index contributed by atoms with van der Waals surface area (Å²) in [5.74, 6) is 0.129. The van der Waals surface area contributed by atoms with Gasteiger partial charge in [0, 0.05) is 20.1 Å². The Morgan fingerprint density at radius 3 is 2.63 bits per heavy atom. The zero-order valence-corrected chi connectivity index (χ0v) is 12.2. The van der Waals surface area contributed by atoms with Crippen molar-refractivity contribution < 1.29 is 9.90 Å². The molecule has 6 heteroatoms. The highest BCUT2D eigenvalue weighted by Crippen LogP contribution is 2.25. The molecular weight excluding hydrogens is 287 g/mol. The van der Waals surface area contributed by atoms with Crippen LogP contribution in [0.25, 0.3) is 0 Å². The minimum atomic E-state index is 0.129. The van der Waals surface area contributed by atoms with Gasteiger partial charge in [-0.3, -0.25) is 0 Å². The van der Waals surface area contributed by atoms with Gasteiger partial charge in [-0.05, 0) is 31.0 Å². The molecule has 1 atom stereocenters. The van der Waals surface area contributed by atoms with Gasteiger partial charge in [-0.25, -0.2) is 4.79 Å². The molecule has 1 aromatic carbocycles. The summed E-state index contributed by atoms with van der Waals surface area (Å²) < 4.78 is 0. The number of hydrogen-bond acceptors (Lipinski definition) is 2. The molecule has 0 unspecified atom stereocenters. The number of rotatable bonds is 0. The summed E-state index contributed by atoms with van der Waals surface area (Å²) in [4.78, 5) is 15.0. The number of carbonyl (C=O) groups is 1. The van der Waals surface area contributed by atoms with Crippen LogP contribution >= 0.6 is 23.2 Å². The molecule has 1 aromatic rings. The molecule has 2 aliphatic heterocycles. The van der Waals surface area contributed by atoms with Gasteiger partial charge in [0.25, 0.3) is 0 Å². The van der Waals surface area contributed by atoms with Gasteiger partial charge in [-0.2, -0.15) is 0 Å². The fourth-order valence-electron chi connectivity index (χ4n) is 2.38. The van der Waals surface area contributed by atoms with Crippen LogP contribution in [0.4, 0.5) is 4.79 Å². The van der Waals surface area contributed by atoms with Crippen LogP contribution in [-0.4, -0.2) is 47.1 Å². The van der Waals surface area contributed by atoms with Crippen LogP contribution in [0, 0.1) is 0 Å². The largest absolute Gasteiger partial charge is 0.508 e. The van der Waals surface area contributed by atoms with Crippen molar-refractivity contribution in [2.24, 2.45) is 0 Å². The zero-order chi connectivity index (χ0) is 14.0. The van der Waals surface area contributed by atoms with Gasteiger partial charge in [-0.1, -0.05) is 23.2 Å². The first-order valence-corrected chi connectivity index (χ1v) is 6.90. The quantitative estimate of drug-likeness (QED) is 0.800. The summed E-state index contributed by atoms with van der Waals surface area (Å²) >= 11 is 11.1. The highest BCUT2D eigenvalue weighted by Gasteiger charge is 2.37. The molecule has 4 nitrogen and oxygen atoms in total. The number of nitrogens with zero attached hydrogens (tertiary/aromatic N) is 2. The number of amides is 2. The van der Waals surface area contributed by atoms with E-state index in [9.17, 15) is 4.79 Å². The first-order chi connectivity index (χ1) is 8.99. The van der Waals surface area contributed by atoms with Crippen molar-refractivity contribution >= 4 is 29.2 Å². The maximum absolute atomic E-state index is 11.2. The lowest BCUT2D eigenvalue weighted by molar-refractivity contribution is 0.199. The second-order valence-electron chi connectivity index (χ2n) is 4.75. The molecule has 2 amide bonds. The van der Waals surface area contributed by atoms with Crippen LogP contribution in [0.1, 0.15) is 12.8 Å². The third kappa shape index (κ3) is 3.25. The normalized spacial score (nSPS) is 21.2. The third-order valence-corrected chi connectivity index (χ3v) is 4.08. The molecule has 2 aliphatic rings. The topological polar surface area (TPSA) is 43.8 Å². The predicted molar refractivity (Wildman–Crippen MR) is 75.9 cm³/mol. The molecule has 2 heterocycles. The fourth-order valence-corrected chi connectivity index (χ4v) is 2.67. The SMILES string of the molecule is CN1C[C@@H]2CCCN2C1=O.Oc1ccc(Cl)c(Cl)c1. The molecule has 0 saturated carbocycles. The Kier molecular flexibility index (Phi) is 4.42. The van der Waals surface area contributed by atoms with Crippen LogP contribution in [0.5, 0.6) is 5.75 Å². The number of phenols is 1. The number of fused-ring (bicyclic) bond motifs is 1. The molecule has 3 rings (SSSR count). The first-order valence-electron chi connectivity index (χ1n) is 6.15. The van der Waals surface area contributed by atoms with E-state index in [1.165, 1.54) is 25.0 Å². The third-order valence-electron chi connectivity index (χ3n) is 3.34. The molecular formula is C13H16Cl2N2O2. The van der Waals surface area contributed by atoms with Crippen molar-refractivity contribution in [2.45, 2.75) is 18.9 Å². The first kappa shape index (κ1) is 14.3. The molecule has 0 aliphatic carbocycles. The maximum atomic E-state index is 11.2. The number of aromatic hydroxyl groups is 1. The van der Waals surface area contributed by atoms with E-state index in [1.807, 2.05) is 16.8 Å². The fraction of sp³-hybridized carbons (Fsp3) is 0.462. The molecule has 0 bridgehead atoms. The van der Waals surface area contributed by atoms with E-state index in [1.54, 1.807) is 6.07 Å². The van der Waals surface area contributed by atoms with Crippen LogP contribution < -0.4 is 0 Å². The van der Waals surface area contributed by atoms with Crippen molar-refractivity contribution in [3.05, 3.63) is 28.2 Å². The van der Waals surface area contributed by atoms with Crippen LogP contribution in [-0.2, 0) is 0 Å². The van der Waals surface area contributed by atoms with E-state index in [0.29, 0.717) is 16.1 Å². The van der Waals surface area contributed by atoms with Crippen LogP contribution in [0.15, 0.2) is 18.2 Å². The van der Waals surface area contributed by atoms with Crippen molar-refractivity contribution in [1.29, 1.82) is 0 Å². The molecule has 0 spiro atoms. The summed E-state index contributed by atoms with van der Waals surface area (Å²) in [5, 5.41) is 9.62. The van der Waals surface area contributed by atoms with Gasteiger partial charge < -0.3 is 14.9 Å². The molecule has 0 radical (unpaired) electrons. The second kappa shape index (κ2) is 5.88. The van der Waals surface area contributed by atoms with Crippen molar-refractivity contribution in [2.75, 3.05) is 20.1 Å². The molecule has 19 heavy (non-hydrogen) atoms. The monoisotopic (exact) mass is 302 g/mol. The van der Waals surface area contributed by atoms with E-state index in [-0.39, 0.29) is 11.8 Å². The molecule has 104 valence electrons. The number of benzene rings is 1. The molecule has 1 N–H and O–H groups in total. The van der Waals surface area contributed by atoms with Gasteiger partial charge in [0.1, 0.15) is 5.75 Å².